The molecular weight excluding hydrogens is 574 g/mol. The van der Waals surface area contributed by atoms with Crippen LogP contribution in [0.3, 0.4) is 0 Å². The van der Waals surface area contributed by atoms with E-state index in [-0.39, 0.29) is 0 Å². The smallest absolute Gasteiger partial charge is 0.164 e. The summed E-state index contributed by atoms with van der Waals surface area (Å²) in [4.78, 5) is 19.7. The number of benzene rings is 6. The Morgan fingerprint density at radius 2 is 0.957 bits per heavy atom. The van der Waals surface area contributed by atoms with Crippen molar-refractivity contribution in [3.8, 4) is 51.1 Å². The first-order valence-electron chi connectivity index (χ1n) is 15.7. The van der Waals surface area contributed by atoms with Crippen molar-refractivity contribution < 1.29 is 0 Å². The van der Waals surface area contributed by atoms with Crippen LogP contribution in [0.1, 0.15) is 0 Å². The molecule has 0 saturated carbocycles. The van der Waals surface area contributed by atoms with Crippen molar-refractivity contribution in [1.82, 2.24) is 24.5 Å². The predicted octanol–water partition coefficient (Wildman–Crippen LogP) is 10.2. The van der Waals surface area contributed by atoms with Crippen LogP contribution in [0.2, 0.25) is 0 Å². The Labute approximate surface area is 271 Å². The molecule has 5 nitrogen and oxygen atoms in total. The van der Waals surface area contributed by atoms with Crippen molar-refractivity contribution in [3.05, 3.63) is 164 Å². The van der Waals surface area contributed by atoms with Crippen molar-refractivity contribution in [3.63, 3.8) is 0 Å². The van der Waals surface area contributed by atoms with Crippen molar-refractivity contribution in [2.24, 2.45) is 0 Å². The van der Waals surface area contributed by atoms with E-state index in [1.165, 1.54) is 32.7 Å². The lowest BCUT2D eigenvalue weighted by Crippen LogP contribution is -2.02. The Morgan fingerprint density at radius 3 is 1.64 bits per heavy atom. The van der Waals surface area contributed by atoms with Crippen LogP contribution in [0.15, 0.2) is 164 Å². The Bertz CT molecular complexity index is 2500. The highest BCUT2D eigenvalue weighted by Crippen LogP contribution is 2.39. The van der Waals surface area contributed by atoms with E-state index in [0.29, 0.717) is 17.5 Å². The van der Waals surface area contributed by atoms with Gasteiger partial charge in [-0.15, -0.1) is 0 Å². The van der Waals surface area contributed by atoms with Gasteiger partial charge in [0.25, 0.3) is 0 Å². The van der Waals surface area contributed by atoms with Crippen LogP contribution in [0, 0.1) is 0 Å². The van der Waals surface area contributed by atoms with E-state index in [9.17, 15) is 0 Å². The Morgan fingerprint density at radius 1 is 0.383 bits per heavy atom. The monoisotopic (exact) mass is 601 g/mol. The van der Waals surface area contributed by atoms with Gasteiger partial charge in [-0.25, -0.2) is 19.9 Å². The Kier molecular flexibility index (Phi) is 6.39. The number of hydrogen-bond acceptors (Lipinski definition) is 4. The molecular formula is C42H27N5. The summed E-state index contributed by atoms with van der Waals surface area (Å²) in [7, 11) is 0. The van der Waals surface area contributed by atoms with Gasteiger partial charge >= 0.3 is 0 Å². The molecule has 0 aliphatic carbocycles. The summed E-state index contributed by atoms with van der Waals surface area (Å²) in [5.74, 6) is 2.65. The lowest BCUT2D eigenvalue weighted by molar-refractivity contribution is 1.05. The third-order valence-electron chi connectivity index (χ3n) is 8.69. The zero-order valence-electron chi connectivity index (χ0n) is 25.3. The summed E-state index contributed by atoms with van der Waals surface area (Å²) in [5.41, 5.74) is 7.29. The lowest BCUT2D eigenvalue weighted by atomic mass is 10.0. The molecule has 3 heterocycles. The molecule has 0 N–H and O–H groups in total. The van der Waals surface area contributed by atoms with E-state index >= 15 is 0 Å². The van der Waals surface area contributed by atoms with Gasteiger partial charge in [0.2, 0.25) is 0 Å². The third-order valence-corrected chi connectivity index (χ3v) is 8.69. The van der Waals surface area contributed by atoms with E-state index < -0.39 is 0 Å². The van der Waals surface area contributed by atoms with Gasteiger partial charge in [-0.05, 0) is 52.2 Å². The first kappa shape index (κ1) is 26.9. The Balaban J connectivity index is 1.27. The molecule has 47 heavy (non-hydrogen) atoms. The number of fused-ring (bicyclic) bond motifs is 5. The van der Waals surface area contributed by atoms with Gasteiger partial charge in [-0.3, -0.25) is 4.57 Å². The maximum Gasteiger partial charge on any atom is 0.164 e. The zero-order chi connectivity index (χ0) is 31.2. The van der Waals surface area contributed by atoms with Gasteiger partial charge < -0.3 is 0 Å². The summed E-state index contributed by atoms with van der Waals surface area (Å²) < 4.78 is 2.26. The topological polar surface area (TPSA) is 56.5 Å². The van der Waals surface area contributed by atoms with Crippen LogP contribution in [-0.2, 0) is 0 Å². The average molecular weight is 602 g/mol. The minimum absolute atomic E-state index is 0.596. The summed E-state index contributed by atoms with van der Waals surface area (Å²) >= 11 is 0. The molecule has 0 saturated heterocycles. The quantitative estimate of drug-likeness (QED) is 0.197. The second-order valence-electron chi connectivity index (χ2n) is 11.6. The number of nitrogens with zero attached hydrogens (tertiary/aromatic N) is 5. The van der Waals surface area contributed by atoms with Gasteiger partial charge in [-0.2, -0.15) is 0 Å². The van der Waals surface area contributed by atoms with Crippen molar-refractivity contribution in [1.29, 1.82) is 0 Å². The highest BCUT2D eigenvalue weighted by atomic mass is 15.1. The largest absolute Gasteiger partial charge is 0.294 e. The van der Waals surface area contributed by atoms with Crippen LogP contribution in [-0.4, -0.2) is 24.5 Å². The van der Waals surface area contributed by atoms with E-state index in [2.05, 4.69) is 95.6 Å². The molecule has 0 aliphatic rings. The highest BCUT2D eigenvalue weighted by Gasteiger charge is 2.18. The molecule has 0 unspecified atom stereocenters. The molecule has 0 amide bonds. The first-order valence-corrected chi connectivity index (χ1v) is 15.7. The molecule has 0 fully saturated rings. The fourth-order valence-electron chi connectivity index (χ4n) is 6.46. The molecule has 6 aromatic carbocycles. The maximum absolute atomic E-state index is 4.97. The number of rotatable bonds is 5. The first-order chi connectivity index (χ1) is 23.3. The van der Waals surface area contributed by atoms with Crippen molar-refractivity contribution in [2.75, 3.05) is 0 Å². The fourth-order valence-corrected chi connectivity index (χ4v) is 6.46. The number of hydrogen-bond donors (Lipinski definition) is 0. The molecule has 9 aromatic rings. The zero-order valence-corrected chi connectivity index (χ0v) is 25.3. The summed E-state index contributed by atoms with van der Waals surface area (Å²) in [6.45, 7) is 0. The van der Waals surface area contributed by atoms with Gasteiger partial charge in [0.05, 0.1) is 11.0 Å². The standard InChI is InChI=1S/C42H27N5/c1-4-12-28(13-5-1)32-21-22-36-35(26-32)39-34-19-11-10-14-29(34)20-23-37(39)47(36)38-27-33(24-25-43-38)42-45-40(30-15-6-2-7-16-30)44-41(46-42)31-17-8-3-9-18-31/h1-27H. The van der Waals surface area contributed by atoms with E-state index in [1.54, 1.807) is 0 Å². The van der Waals surface area contributed by atoms with E-state index in [1.807, 2.05) is 72.9 Å². The highest BCUT2D eigenvalue weighted by molar-refractivity contribution is 6.21. The van der Waals surface area contributed by atoms with Crippen LogP contribution in [0.25, 0.3) is 83.7 Å². The van der Waals surface area contributed by atoms with Crippen molar-refractivity contribution in [2.45, 2.75) is 0 Å². The Hall–Kier alpha value is -6.46. The molecule has 220 valence electrons. The molecule has 0 atom stereocenters. The van der Waals surface area contributed by atoms with Crippen LogP contribution < -0.4 is 0 Å². The molecule has 0 bridgehead atoms. The molecule has 9 rings (SSSR count). The number of pyridine rings is 1. The maximum atomic E-state index is 4.97. The van der Waals surface area contributed by atoms with Gasteiger partial charge in [0.15, 0.2) is 17.5 Å². The average Bonchev–Trinajstić information content (AvgIpc) is 3.50. The normalized spacial score (nSPS) is 11.4. The summed E-state index contributed by atoms with van der Waals surface area (Å²) in [6, 6.07) is 54.4. The SMILES string of the molecule is c1ccc(-c2ccc3c(c2)c2c4ccccc4ccc2n3-c2cc(-c3nc(-c4ccccc4)nc(-c4ccccc4)n3)ccn2)cc1. The molecule has 3 aromatic heterocycles. The molecule has 5 heteroatoms. The molecule has 0 radical (unpaired) electrons. The van der Waals surface area contributed by atoms with Gasteiger partial charge in [0, 0.05) is 33.7 Å². The third kappa shape index (κ3) is 4.73. The van der Waals surface area contributed by atoms with Gasteiger partial charge in [-0.1, -0.05) is 127 Å². The summed E-state index contributed by atoms with van der Waals surface area (Å²) in [6.07, 6.45) is 1.84. The lowest BCUT2D eigenvalue weighted by Gasteiger charge is -2.11. The number of aromatic nitrogens is 5. The van der Waals surface area contributed by atoms with E-state index in [0.717, 1.165) is 33.5 Å². The second-order valence-corrected chi connectivity index (χ2v) is 11.6. The second kappa shape index (κ2) is 11.2. The minimum Gasteiger partial charge on any atom is -0.294 e. The van der Waals surface area contributed by atoms with Crippen molar-refractivity contribution >= 4 is 32.6 Å². The van der Waals surface area contributed by atoms with Crippen LogP contribution in [0.4, 0.5) is 0 Å². The van der Waals surface area contributed by atoms with Gasteiger partial charge in [0.1, 0.15) is 5.82 Å². The van der Waals surface area contributed by atoms with E-state index in [4.69, 9.17) is 19.9 Å². The van der Waals surface area contributed by atoms with Crippen LogP contribution in [0.5, 0.6) is 0 Å². The predicted molar refractivity (Wildman–Crippen MR) is 191 cm³/mol. The van der Waals surface area contributed by atoms with Crippen LogP contribution >= 0.6 is 0 Å². The molecule has 0 spiro atoms. The summed E-state index contributed by atoms with van der Waals surface area (Å²) in [5, 5.41) is 4.81. The minimum atomic E-state index is 0.596. The fraction of sp³-hybridized carbons (Fsp3) is 0. The molecule has 0 aliphatic heterocycles.